The van der Waals surface area contributed by atoms with Crippen LogP contribution >= 0.6 is 0 Å². The number of hydrogen-bond donors (Lipinski definition) is 0. The maximum Gasteiger partial charge on any atom is 0.154 e. The van der Waals surface area contributed by atoms with Crippen LogP contribution in [0.2, 0.25) is 0 Å². The summed E-state index contributed by atoms with van der Waals surface area (Å²) >= 11 is 0. The molecule has 0 aliphatic carbocycles. The third kappa shape index (κ3) is 4.46. The summed E-state index contributed by atoms with van der Waals surface area (Å²) in [6.07, 6.45) is 0.570. The maximum atomic E-state index is 13.6. The van der Waals surface area contributed by atoms with Gasteiger partial charge in [0, 0.05) is 5.56 Å². The van der Waals surface area contributed by atoms with E-state index in [4.69, 9.17) is 5.26 Å². The van der Waals surface area contributed by atoms with Gasteiger partial charge < -0.3 is 0 Å². The Labute approximate surface area is 107 Å². The lowest BCUT2D eigenvalue weighted by Crippen LogP contribution is -2.12. The van der Waals surface area contributed by atoms with Crippen molar-refractivity contribution < 1.29 is 12.8 Å². The molecule has 0 unspecified atom stereocenters. The first-order valence-corrected chi connectivity index (χ1v) is 7.55. The normalized spacial score (nSPS) is 11.5. The number of nitrogens with zero attached hydrogens (tertiary/aromatic N) is 1. The van der Waals surface area contributed by atoms with Crippen LogP contribution in [0.5, 0.6) is 0 Å². The third-order valence-corrected chi connectivity index (χ3v) is 4.17. The summed E-state index contributed by atoms with van der Waals surface area (Å²) in [5.74, 6) is -0.589. The molecule has 5 heteroatoms. The fraction of sp³-hybridized carbons (Fsp3) is 0.462. The minimum Gasteiger partial charge on any atom is -0.228 e. The van der Waals surface area contributed by atoms with Gasteiger partial charge in [0.25, 0.3) is 0 Å². The average molecular weight is 269 g/mol. The Morgan fingerprint density at radius 2 is 2.06 bits per heavy atom. The Morgan fingerprint density at radius 1 is 1.39 bits per heavy atom. The van der Waals surface area contributed by atoms with E-state index < -0.39 is 15.7 Å². The van der Waals surface area contributed by atoms with Gasteiger partial charge in [0.15, 0.2) is 9.84 Å². The smallest absolute Gasteiger partial charge is 0.154 e. The van der Waals surface area contributed by atoms with E-state index >= 15 is 0 Å². The summed E-state index contributed by atoms with van der Waals surface area (Å²) < 4.78 is 37.1. The van der Waals surface area contributed by atoms with E-state index in [1.807, 2.05) is 19.9 Å². The second-order valence-corrected chi connectivity index (χ2v) is 6.88. The van der Waals surface area contributed by atoms with Crippen LogP contribution in [-0.2, 0) is 15.6 Å². The Balaban J connectivity index is 2.82. The fourth-order valence-electron chi connectivity index (χ4n) is 1.46. The summed E-state index contributed by atoms with van der Waals surface area (Å²) in [6, 6.07) is 5.66. The minimum absolute atomic E-state index is 0.0596. The number of rotatable bonds is 5. The first kappa shape index (κ1) is 14.7. The molecule has 0 aliphatic rings. The zero-order valence-corrected chi connectivity index (χ0v) is 11.3. The molecule has 0 saturated heterocycles. The highest BCUT2D eigenvalue weighted by molar-refractivity contribution is 7.90. The summed E-state index contributed by atoms with van der Waals surface area (Å²) in [5.41, 5.74) is 0.314. The van der Waals surface area contributed by atoms with E-state index in [9.17, 15) is 12.8 Å². The van der Waals surface area contributed by atoms with Crippen LogP contribution in [0.15, 0.2) is 18.2 Å². The molecule has 0 radical (unpaired) electrons. The van der Waals surface area contributed by atoms with E-state index in [-0.39, 0.29) is 22.6 Å². The van der Waals surface area contributed by atoms with Gasteiger partial charge in [0.1, 0.15) is 5.82 Å². The van der Waals surface area contributed by atoms with E-state index in [2.05, 4.69) is 0 Å². The minimum atomic E-state index is -3.29. The van der Waals surface area contributed by atoms with Crippen molar-refractivity contribution in [2.75, 3.05) is 5.75 Å². The molecule has 0 amide bonds. The standard InChI is InChI=1S/C13H16FNO2S/c1-10(2)5-6-18(16,17)9-12-4-3-11(8-15)7-13(12)14/h3-4,7,10H,5-6,9H2,1-2H3. The van der Waals surface area contributed by atoms with Crippen molar-refractivity contribution in [3.8, 4) is 6.07 Å². The summed E-state index contributed by atoms with van der Waals surface area (Å²) in [7, 11) is -3.29. The van der Waals surface area contributed by atoms with E-state index in [1.165, 1.54) is 12.1 Å². The van der Waals surface area contributed by atoms with Gasteiger partial charge >= 0.3 is 0 Å². The molecule has 98 valence electrons. The highest BCUT2D eigenvalue weighted by Gasteiger charge is 2.15. The summed E-state index contributed by atoms with van der Waals surface area (Å²) in [4.78, 5) is 0. The molecule has 0 atom stereocenters. The molecule has 18 heavy (non-hydrogen) atoms. The predicted molar refractivity (Wildman–Crippen MR) is 68.1 cm³/mol. The van der Waals surface area contributed by atoms with Crippen LogP contribution in [0.25, 0.3) is 0 Å². The molecule has 0 heterocycles. The zero-order valence-electron chi connectivity index (χ0n) is 10.5. The summed E-state index contributed by atoms with van der Waals surface area (Å²) in [6.45, 7) is 3.88. The van der Waals surface area contributed by atoms with E-state index in [0.717, 1.165) is 6.07 Å². The van der Waals surface area contributed by atoms with Crippen molar-refractivity contribution >= 4 is 9.84 Å². The molecule has 0 aliphatic heterocycles. The molecule has 1 aromatic rings. The van der Waals surface area contributed by atoms with Crippen molar-refractivity contribution in [1.82, 2.24) is 0 Å². The maximum absolute atomic E-state index is 13.6. The number of hydrogen-bond acceptors (Lipinski definition) is 3. The molecule has 0 fully saturated rings. The van der Waals surface area contributed by atoms with Gasteiger partial charge in [0.2, 0.25) is 0 Å². The highest BCUT2D eigenvalue weighted by Crippen LogP contribution is 2.15. The zero-order chi connectivity index (χ0) is 13.8. The van der Waals surface area contributed by atoms with Crippen molar-refractivity contribution in [2.45, 2.75) is 26.0 Å². The van der Waals surface area contributed by atoms with Gasteiger partial charge in [0.05, 0.1) is 23.1 Å². The van der Waals surface area contributed by atoms with E-state index in [1.54, 1.807) is 0 Å². The molecule has 0 N–H and O–H groups in total. The Bertz CT molecular complexity index is 559. The van der Waals surface area contributed by atoms with Gasteiger partial charge in [-0.2, -0.15) is 5.26 Å². The lowest BCUT2D eigenvalue weighted by Gasteiger charge is -2.07. The van der Waals surface area contributed by atoms with Crippen LogP contribution in [-0.4, -0.2) is 14.2 Å². The second kappa shape index (κ2) is 5.96. The van der Waals surface area contributed by atoms with Gasteiger partial charge in [-0.05, 0) is 24.5 Å². The lowest BCUT2D eigenvalue weighted by atomic mass is 10.1. The van der Waals surface area contributed by atoms with Gasteiger partial charge in [-0.1, -0.05) is 19.9 Å². The number of nitriles is 1. The van der Waals surface area contributed by atoms with Crippen LogP contribution in [0, 0.1) is 23.1 Å². The third-order valence-electron chi connectivity index (χ3n) is 2.56. The lowest BCUT2D eigenvalue weighted by molar-refractivity contribution is 0.569. The molecule has 0 spiro atoms. The Hall–Kier alpha value is -1.41. The van der Waals surface area contributed by atoms with Crippen LogP contribution in [0.1, 0.15) is 31.4 Å². The molecular formula is C13H16FNO2S. The van der Waals surface area contributed by atoms with E-state index in [0.29, 0.717) is 12.3 Å². The monoisotopic (exact) mass is 269 g/mol. The number of sulfone groups is 1. The molecule has 1 rings (SSSR count). The number of benzene rings is 1. The average Bonchev–Trinajstić information content (AvgIpc) is 2.29. The second-order valence-electron chi connectivity index (χ2n) is 4.69. The SMILES string of the molecule is CC(C)CCS(=O)(=O)Cc1ccc(C#N)cc1F. The Kier molecular flexibility index (Phi) is 4.85. The van der Waals surface area contributed by atoms with Gasteiger partial charge in [-0.3, -0.25) is 0 Å². The summed E-state index contributed by atoms with van der Waals surface area (Å²) in [5, 5.41) is 8.60. The molecule has 0 aromatic heterocycles. The van der Waals surface area contributed by atoms with Crippen molar-refractivity contribution in [1.29, 1.82) is 5.26 Å². The highest BCUT2D eigenvalue weighted by atomic mass is 32.2. The van der Waals surface area contributed by atoms with Crippen LogP contribution < -0.4 is 0 Å². The van der Waals surface area contributed by atoms with Crippen LogP contribution in [0.3, 0.4) is 0 Å². The first-order chi connectivity index (χ1) is 8.34. The molecular weight excluding hydrogens is 253 g/mol. The fourth-order valence-corrected chi connectivity index (χ4v) is 3.14. The van der Waals surface area contributed by atoms with Crippen molar-refractivity contribution in [3.05, 3.63) is 35.1 Å². The Morgan fingerprint density at radius 3 is 2.56 bits per heavy atom. The molecule has 1 aromatic carbocycles. The number of halogens is 1. The van der Waals surface area contributed by atoms with Crippen molar-refractivity contribution in [3.63, 3.8) is 0 Å². The topological polar surface area (TPSA) is 57.9 Å². The molecule has 3 nitrogen and oxygen atoms in total. The largest absolute Gasteiger partial charge is 0.228 e. The molecule has 0 saturated carbocycles. The molecule has 0 bridgehead atoms. The quantitative estimate of drug-likeness (QED) is 0.825. The predicted octanol–water partition coefficient (Wildman–Crippen LogP) is 2.66. The van der Waals surface area contributed by atoms with Gasteiger partial charge in [-0.15, -0.1) is 0 Å². The van der Waals surface area contributed by atoms with Crippen LogP contribution in [0.4, 0.5) is 4.39 Å². The first-order valence-electron chi connectivity index (χ1n) is 5.73. The van der Waals surface area contributed by atoms with Crippen molar-refractivity contribution in [2.24, 2.45) is 5.92 Å². The van der Waals surface area contributed by atoms with Gasteiger partial charge in [-0.25, -0.2) is 12.8 Å².